The highest BCUT2D eigenvalue weighted by Gasteiger charge is 2.44. The van der Waals surface area contributed by atoms with E-state index in [0.29, 0.717) is 11.0 Å². The van der Waals surface area contributed by atoms with E-state index in [2.05, 4.69) is 0 Å². The van der Waals surface area contributed by atoms with Crippen LogP contribution in [0.25, 0.3) is 0 Å². The SMILES string of the molecule is CC(F)(F)c1cccc(CC(=O)N2CCC3(CC2)CC3)c1. The molecule has 1 heterocycles. The summed E-state index contributed by atoms with van der Waals surface area (Å²) in [4.78, 5) is 14.2. The fraction of sp³-hybridized carbons (Fsp3) is 0.588. The normalized spacial score (nSPS) is 20.6. The lowest BCUT2D eigenvalue weighted by Crippen LogP contribution is -2.39. The fourth-order valence-electron chi connectivity index (χ4n) is 3.15. The number of amides is 1. The summed E-state index contributed by atoms with van der Waals surface area (Å²) in [5.74, 6) is -2.80. The van der Waals surface area contributed by atoms with Crippen LogP contribution in [-0.4, -0.2) is 23.9 Å². The number of carbonyl (C=O) groups excluding carboxylic acids is 1. The Balaban J connectivity index is 1.62. The Morgan fingerprint density at radius 1 is 1.24 bits per heavy atom. The van der Waals surface area contributed by atoms with Gasteiger partial charge in [0.2, 0.25) is 5.91 Å². The van der Waals surface area contributed by atoms with E-state index >= 15 is 0 Å². The van der Waals surface area contributed by atoms with Crippen molar-refractivity contribution in [1.29, 1.82) is 0 Å². The summed E-state index contributed by atoms with van der Waals surface area (Å²) in [6.45, 7) is 2.53. The number of alkyl halides is 2. The number of piperidine rings is 1. The van der Waals surface area contributed by atoms with Crippen molar-refractivity contribution in [3.8, 4) is 0 Å². The van der Waals surface area contributed by atoms with Crippen LogP contribution in [0.15, 0.2) is 24.3 Å². The minimum absolute atomic E-state index is 0.0247. The van der Waals surface area contributed by atoms with Gasteiger partial charge in [-0.05, 0) is 42.7 Å². The number of benzene rings is 1. The first-order valence-corrected chi connectivity index (χ1v) is 7.63. The van der Waals surface area contributed by atoms with Crippen LogP contribution in [0.3, 0.4) is 0 Å². The predicted molar refractivity (Wildman–Crippen MR) is 77.2 cm³/mol. The smallest absolute Gasteiger partial charge is 0.270 e. The van der Waals surface area contributed by atoms with E-state index < -0.39 is 5.92 Å². The van der Waals surface area contributed by atoms with E-state index in [9.17, 15) is 13.6 Å². The van der Waals surface area contributed by atoms with Gasteiger partial charge < -0.3 is 4.90 Å². The molecule has 1 aliphatic heterocycles. The number of halogens is 2. The van der Waals surface area contributed by atoms with Crippen LogP contribution >= 0.6 is 0 Å². The Bertz CT molecular complexity index is 536. The number of likely N-dealkylation sites (tertiary alicyclic amines) is 1. The summed E-state index contributed by atoms with van der Waals surface area (Å²) < 4.78 is 26.6. The zero-order chi connectivity index (χ0) is 15.1. The molecule has 1 saturated carbocycles. The second-order valence-corrected chi connectivity index (χ2v) is 6.65. The molecule has 1 spiro atoms. The maximum Gasteiger partial charge on any atom is 0.270 e. The highest BCUT2D eigenvalue weighted by atomic mass is 19.3. The minimum Gasteiger partial charge on any atom is -0.342 e. The van der Waals surface area contributed by atoms with Crippen LogP contribution in [0.4, 0.5) is 8.78 Å². The van der Waals surface area contributed by atoms with Crippen molar-refractivity contribution in [2.75, 3.05) is 13.1 Å². The van der Waals surface area contributed by atoms with Gasteiger partial charge in [-0.2, -0.15) is 0 Å². The number of hydrogen-bond acceptors (Lipinski definition) is 1. The lowest BCUT2D eigenvalue weighted by molar-refractivity contribution is -0.132. The van der Waals surface area contributed by atoms with Gasteiger partial charge in [-0.15, -0.1) is 0 Å². The molecule has 1 amide bonds. The maximum absolute atomic E-state index is 13.3. The molecule has 0 atom stereocenters. The fourth-order valence-corrected chi connectivity index (χ4v) is 3.15. The van der Waals surface area contributed by atoms with Crippen LogP contribution in [-0.2, 0) is 17.1 Å². The first kappa shape index (κ1) is 14.5. The van der Waals surface area contributed by atoms with Crippen molar-refractivity contribution in [2.45, 2.75) is 45.0 Å². The largest absolute Gasteiger partial charge is 0.342 e. The van der Waals surface area contributed by atoms with Crippen LogP contribution in [0.5, 0.6) is 0 Å². The molecule has 1 saturated heterocycles. The molecule has 1 aliphatic carbocycles. The van der Waals surface area contributed by atoms with Crippen molar-refractivity contribution >= 4 is 5.91 Å². The summed E-state index contributed by atoms with van der Waals surface area (Å²) in [6, 6.07) is 6.21. The zero-order valence-electron chi connectivity index (χ0n) is 12.4. The third kappa shape index (κ3) is 3.25. The van der Waals surface area contributed by atoms with Gasteiger partial charge >= 0.3 is 0 Å². The molecule has 2 aliphatic rings. The van der Waals surface area contributed by atoms with Crippen LogP contribution < -0.4 is 0 Å². The molecule has 114 valence electrons. The van der Waals surface area contributed by atoms with E-state index in [4.69, 9.17) is 0 Å². The average molecular weight is 293 g/mol. The molecule has 1 aromatic carbocycles. The lowest BCUT2D eigenvalue weighted by atomic mass is 9.93. The molecule has 0 N–H and O–H groups in total. The molecule has 21 heavy (non-hydrogen) atoms. The summed E-state index contributed by atoms with van der Waals surface area (Å²) in [5.41, 5.74) is 1.19. The molecule has 0 radical (unpaired) electrons. The Morgan fingerprint density at radius 2 is 1.90 bits per heavy atom. The first-order valence-electron chi connectivity index (χ1n) is 7.63. The van der Waals surface area contributed by atoms with Crippen LogP contribution in [0.2, 0.25) is 0 Å². The molecule has 3 rings (SSSR count). The predicted octanol–water partition coefficient (Wildman–Crippen LogP) is 3.74. The molecular weight excluding hydrogens is 272 g/mol. The van der Waals surface area contributed by atoms with Gasteiger partial charge in [0.25, 0.3) is 5.92 Å². The Labute approximate surface area is 124 Å². The Kier molecular flexibility index (Phi) is 3.50. The molecule has 0 unspecified atom stereocenters. The number of carbonyl (C=O) groups is 1. The Hall–Kier alpha value is -1.45. The van der Waals surface area contributed by atoms with Crippen molar-refractivity contribution < 1.29 is 13.6 Å². The molecule has 2 nitrogen and oxygen atoms in total. The average Bonchev–Trinajstić information content (AvgIpc) is 3.18. The second-order valence-electron chi connectivity index (χ2n) is 6.65. The molecule has 0 aromatic heterocycles. The topological polar surface area (TPSA) is 20.3 Å². The molecule has 1 aromatic rings. The van der Waals surface area contributed by atoms with E-state index in [1.807, 2.05) is 4.90 Å². The van der Waals surface area contributed by atoms with Crippen molar-refractivity contribution in [2.24, 2.45) is 5.41 Å². The highest BCUT2D eigenvalue weighted by molar-refractivity contribution is 5.79. The van der Waals surface area contributed by atoms with Gasteiger partial charge in [0, 0.05) is 25.6 Å². The van der Waals surface area contributed by atoms with E-state index in [1.165, 1.54) is 25.0 Å². The van der Waals surface area contributed by atoms with Gasteiger partial charge in [-0.1, -0.05) is 18.2 Å². The number of nitrogens with zero attached hydrogens (tertiary/aromatic N) is 1. The highest BCUT2D eigenvalue weighted by Crippen LogP contribution is 2.53. The summed E-state index contributed by atoms with van der Waals surface area (Å²) in [5, 5.41) is 0. The zero-order valence-corrected chi connectivity index (χ0v) is 12.4. The summed E-state index contributed by atoms with van der Waals surface area (Å²) in [7, 11) is 0. The number of rotatable bonds is 3. The van der Waals surface area contributed by atoms with E-state index in [1.54, 1.807) is 12.1 Å². The molecule has 0 bridgehead atoms. The van der Waals surface area contributed by atoms with Crippen molar-refractivity contribution in [3.05, 3.63) is 35.4 Å². The monoisotopic (exact) mass is 293 g/mol. The maximum atomic E-state index is 13.3. The van der Waals surface area contributed by atoms with Crippen LogP contribution in [0.1, 0.15) is 43.7 Å². The second kappa shape index (κ2) is 5.08. The number of hydrogen-bond donors (Lipinski definition) is 0. The van der Waals surface area contributed by atoms with Crippen molar-refractivity contribution in [1.82, 2.24) is 4.90 Å². The Morgan fingerprint density at radius 3 is 2.48 bits per heavy atom. The minimum atomic E-state index is -2.86. The van der Waals surface area contributed by atoms with E-state index in [0.717, 1.165) is 32.9 Å². The van der Waals surface area contributed by atoms with Gasteiger partial charge in [0.1, 0.15) is 0 Å². The summed E-state index contributed by atoms with van der Waals surface area (Å²) >= 11 is 0. The third-order valence-electron chi connectivity index (χ3n) is 4.92. The molecular formula is C17H21F2NO. The molecule has 2 fully saturated rings. The standard InChI is InChI=1S/C17H21F2NO/c1-16(18,19)14-4-2-3-13(11-14)12-15(21)20-9-7-17(5-6-17)8-10-20/h2-4,11H,5-10,12H2,1H3. The summed E-state index contributed by atoms with van der Waals surface area (Å²) in [6.07, 6.45) is 5.04. The lowest BCUT2D eigenvalue weighted by Gasteiger charge is -2.32. The molecule has 4 heteroatoms. The first-order chi connectivity index (χ1) is 9.88. The van der Waals surface area contributed by atoms with Crippen LogP contribution in [0, 0.1) is 5.41 Å². The van der Waals surface area contributed by atoms with E-state index in [-0.39, 0.29) is 17.9 Å². The third-order valence-corrected chi connectivity index (χ3v) is 4.92. The quantitative estimate of drug-likeness (QED) is 0.831. The van der Waals surface area contributed by atoms with Gasteiger partial charge in [0.15, 0.2) is 0 Å². The van der Waals surface area contributed by atoms with Crippen molar-refractivity contribution in [3.63, 3.8) is 0 Å². The van der Waals surface area contributed by atoms with Gasteiger partial charge in [-0.25, -0.2) is 8.78 Å². The van der Waals surface area contributed by atoms with Gasteiger partial charge in [-0.3, -0.25) is 4.79 Å². The van der Waals surface area contributed by atoms with Gasteiger partial charge in [0.05, 0.1) is 6.42 Å².